The quantitative estimate of drug-likeness (QED) is 0.810. The summed E-state index contributed by atoms with van der Waals surface area (Å²) in [4.78, 5) is 0. The zero-order valence-corrected chi connectivity index (χ0v) is 10.4. The minimum atomic E-state index is -4.94. The van der Waals surface area contributed by atoms with E-state index in [4.69, 9.17) is 0 Å². The van der Waals surface area contributed by atoms with E-state index in [0.29, 0.717) is 18.6 Å². The molecule has 1 aromatic carbocycles. The van der Waals surface area contributed by atoms with Crippen molar-refractivity contribution in [2.75, 3.05) is 6.54 Å². The number of halogens is 7. The lowest BCUT2D eigenvalue weighted by Crippen LogP contribution is -2.34. The molecular weight excluding hydrogens is 291 g/mol. The van der Waals surface area contributed by atoms with Crippen LogP contribution in [0.4, 0.5) is 30.7 Å². The van der Waals surface area contributed by atoms with Gasteiger partial charge in [0.05, 0.1) is 5.56 Å². The third kappa shape index (κ3) is 4.09. The first-order valence-corrected chi connectivity index (χ1v) is 5.74. The van der Waals surface area contributed by atoms with Crippen LogP contribution in [0.15, 0.2) is 18.2 Å². The molecular formula is C12H12F7N. The Labute approximate surface area is 110 Å². The second-order valence-electron chi connectivity index (χ2n) is 4.17. The largest absolute Gasteiger partial charge is 0.419 e. The number of benzene rings is 1. The van der Waals surface area contributed by atoms with Crippen LogP contribution in [0, 0.1) is 5.82 Å². The molecule has 0 aromatic heterocycles. The Morgan fingerprint density at radius 1 is 1.10 bits per heavy atom. The van der Waals surface area contributed by atoms with Gasteiger partial charge in [-0.05, 0) is 30.7 Å². The molecule has 8 heteroatoms. The van der Waals surface area contributed by atoms with E-state index in [9.17, 15) is 30.7 Å². The van der Waals surface area contributed by atoms with Gasteiger partial charge in [0.15, 0.2) is 0 Å². The van der Waals surface area contributed by atoms with E-state index >= 15 is 0 Å². The molecule has 1 rings (SSSR count). The lowest BCUT2D eigenvalue weighted by Gasteiger charge is -2.22. The zero-order chi connectivity index (χ0) is 15.6. The predicted molar refractivity (Wildman–Crippen MR) is 58.5 cm³/mol. The Kier molecular flexibility index (Phi) is 5.01. The summed E-state index contributed by atoms with van der Waals surface area (Å²) in [6, 6.07) is -0.979. The summed E-state index contributed by atoms with van der Waals surface area (Å²) in [7, 11) is 0. The molecule has 20 heavy (non-hydrogen) atoms. The standard InChI is InChI=1S/C12H12F7N/c1-2-5-20-10(12(17,18)19)7-3-4-8(9(13)6-7)11(14,15)16/h3-4,6,10,20H,2,5H2,1H3. The average Bonchev–Trinajstić information content (AvgIpc) is 2.26. The van der Waals surface area contributed by atoms with Crippen molar-refractivity contribution in [1.82, 2.24) is 5.32 Å². The molecule has 0 aliphatic heterocycles. The van der Waals surface area contributed by atoms with Gasteiger partial charge in [-0.3, -0.25) is 0 Å². The molecule has 0 aliphatic rings. The number of alkyl halides is 6. The van der Waals surface area contributed by atoms with Crippen molar-refractivity contribution in [3.05, 3.63) is 35.1 Å². The van der Waals surface area contributed by atoms with E-state index in [1.54, 1.807) is 6.92 Å². The summed E-state index contributed by atoms with van der Waals surface area (Å²) < 4.78 is 88.7. The maximum absolute atomic E-state index is 13.3. The number of hydrogen-bond donors (Lipinski definition) is 1. The van der Waals surface area contributed by atoms with Crippen LogP contribution in [-0.2, 0) is 6.18 Å². The van der Waals surface area contributed by atoms with Crippen LogP contribution in [0.2, 0.25) is 0 Å². The van der Waals surface area contributed by atoms with Crippen molar-refractivity contribution in [2.45, 2.75) is 31.7 Å². The highest BCUT2D eigenvalue weighted by Crippen LogP contribution is 2.36. The number of rotatable bonds is 4. The summed E-state index contributed by atoms with van der Waals surface area (Å²) in [6.07, 6.45) is -9.26. The molecule has 0 bridgehead atoms. The minimum Gasteiger partial charge on any atom is -0.302 e. The van der Waals surface area contributed by atoms with Gasteiger partial charge in [-0.25, -0.2) is 4.39 Å². The normalized spacial score (nSPS) is 14.4. The SMILES string of the molecule is CCCNC(c1ccc(C(F)(F)F)c(F)c1)C(F)(F)F. The first-order chi connectivity index (χ1) is 9.07. The van der Waals surface area contributed by atoms with Gasteiger partial charge in [0.2, 0.25) is 0 Å². The number of nitrogens with one attached hydrogen (secondary N) is 1. The van der Waals surface area contributed by atoms with Crippen LogP contribution in [0.5, 0.6) is 0 Å². The summed E-state index contributed by atoms with van der Waals surface area (Å²) in [5, 5.41) is 2.14. The molecule has 1 nitrogen and oxygen atoms in total. The Balaban J connectivity index is 3.13. The maximum Gasteiger partial charge on any atom is 0.419 e. The highest BCUT2D eigenvalue weighted by atomic mass is 19.4. The van der Waals surface area contributed by atoms with Gasteiger partial charge in [0.25, 0.3) is 0 Å². The van der Waals surface area contributed by atoms with Gasteiger partial charge in [0, 0.05) is 0 Å². The fourth-order valence-electron chi connectivity index (χ4n) is 1.65. The van der Waals surface area contributed by atoms with Gasteiger partial charge in [-0.2, -0.15) is 26.3 Å². The van der Waals surface area contributed by atoms with Crippen molar-refractivity contribution in [2.24, 2.45) is 0 Å². The van der Waals surface area contributed by atoms with E-state index in [1.807, 2.05) is 0 Å². The van der Waals surface area contributed by atoms with E-state index < -0.39 is 35.3 Å². The molecule has 0 saturated heterocycles. The molecule has 1 unspecified atom stereocenters. The van der Waals surface area contributed by atoms with Crippen LogP contribution in [0.1, 0.15) is 30.5 Å². The Morgan fingerprint density at radius 2 is 1.70 bits per heavy atom. The lowest BCUT2D eigenvalue weighted by atomic mass is 10.0. The summed E-state index contributed by atoms with van der Waals surface area (Å²) in [5.74, 6) is -1.72. The molecule has 1 N–H and O–H groups in total. The summed E-state index contributed by atoms with van der Waals surface area (Å²) in [5.41, 5.74) is -2.17. The van der Waals surface area contributed by atoms with Gasteiger partial charge >= 0.3 is 12.4 Å². The first kappa shape index (κ1) is 16.7. The maximum atomic E-state index is 13.3. The molecule has 0 fully saturated rings. The van der Waals surface area contributed by atoms with Gasteiger partial charge in [-0.15, -0.1) is 0 Å². The third-order valence-electron chi connectivity index (χ3n) is 2.56. The van der Waals surface area contributed by atoms with Crippen molar-refractivity contribution in [3.8, 4) is 0 Å². The molecule has 0 saturated carbocycles. The van der Waals surface area contributed by atoms with Crippen LogP contribution in [0.25, 0.3) is 0 Å². The van der Waals surface area contributed by atoms with Crippen LogP contribution in [0.3, 0.4) is 0 Å². The Morgan fingerprint density at radius 3 is 2.10 bits per heavy atom. The van der Waals surface area contributed by atoms with Crippen molar-refractivity contribution in [1.29, 1.82) is 0 Å². The van der Waals surface area contributed by atoms with Crippen molar-refractivity contribution in [3.63, 3.8) is 0 Å². The monoisotopic (exact) mass is 303 g/mol. The van der Waals surface area contributed by atoms with Crippen LogP contribution >= 0.6 is 0 Å². The molecule has 114 valence electrons. The van der Waals surface area contributed by atoms with Crippen molar-refractivity contribution < 1.29 is 30.7 Å². The zero-order valence-electron chi connectivity index (χ0n) is 10.4. The summed E-state index contributed by atoms with van der Waals surface area (Å²) in [6.45, 7) is 1.64. The molecule has 1 aromatic rings. The second kappa shape index (κ2) is 5.99. The van der Waals surface area contributed by atoms with Gasteiger partial charge in [0.1, 0.15) is 11.9 Å². The van der Waals surface area contributed by atoms with E-state index in [0.717, 1.165) is 0 Å². The molecule has 0 heterocycles. The molecule has 1 atom stereocenters. The number of hydrogen-bond acceptors (Lipinski definition) is 1. The molecule has 0 amide bonds. The van der Waals surface area contributed by atoms with E-state index in [2.05, 4.69) is 5.32 Å². The van der Waals surface area contributed by atoms with Crippen molar-refractivity contribution >= 4 is 0 Å². The average molecular weight is 303 g/mol. The minimum absolute atomic E-state index is 0.00676. The van der Waals surface area contributed by atoms with Crippen LogP contribution < -0.4 is 5.32 Å². The Hall–Kier alpha value is -1.31. The fourth-order valence-corrected chi connectivity index (χ4v) is 1.65. The van der Waals surface area contributed by atoms with Crippen LogP contribution in [-0.4, -0.2) is 12.7 Å². The van der Waals surface area contributed by atoms with Gasteiger partial charge in [-0.1, -0.05) is 13.0 Å². The highest BCUT2D eigenvalue weighted by molar-refractivity contribution is 5.29. The first-order valence-electron chi connectivity index (χ1n) is 5.74. The van der Waals surface area contributed by atoms with E-state index in [1.165, 1.54) is 0 Å². The molecule has 0 aliphatic carbocycles. The second-order valence-corrected chi connectivity index (χ2v) is 4.17. The van der Waals surface area contributed by atoms with Gasteiger partial charge < -0.3 is 5.32 Å². The highest BCUT2D eigenvalue weighted by Gasteiger charge is 2.41. The lowest BCUT2D eigenvalue weighted by molar-refractivity contribution is -0.157. The van der Waals surface area contributed by atoms with E-state index in [-0.39, 0.29) is 12.6 Å². The topological polar surface area (TPSA) is 12.0 Å². The predicted octanol–water partition coefficient (Wildman–Crippen LogP) is 4.45. The summed E-state index contributed by atoms with van der Waals surface area (Å²) >= 11 is 0. The fraction of sp³-hybridized carbons (Fsp3) is 0.500. The Bertz CT molecular complexity index is 450. The molecule has 0 spiro atoms. The smallest absolute Gasteiger partial charge is 0.302 e. The third-order valence-corrected chi connectivity index (χ3v) is 2.56. The molecule has 0 radical (unpaired) electrons.